The summed E-state index contributed by atoms with van der Waals surface area (Å²) in [6.07, 6.45) is 5.89. The largest absolute Gasteiger partial charge is 0.480 e. The molecule has 0 aromatic rings. The molecule has 3 fully saturated rings. The smallest absolute Gasteiger partial charge is 0.324 e. The highest BCUT2D eigenvalue weighted by atomic mass is 16.4. The van der Waals surface area contributed by atoms with Gasteiger partial charge in [0.2, 0.25) is 0 Å². The summed E-state index contributed by atoms with van der Waals surface area (Å²) < 4.78 is 0. The normalized spacial score (nSPS) is 52.5. The van der Waals surface area contributed by atoms with Crippen LogP contribution in [0.3, 0.4) is 0 Å². The first-order valence-electron chi connectivity index (χ1n) is 5.25. The van der Waals surface area contributed by atoms with Crippen LogP contribution in [0.25, 0.3) is 0 Å². The molecule has 1 heterocycles. The van der Waals surface area contributed by atoms with Crippen LogP contribution in [0.1, 0.15) is 32.1 Å². The van der Waals surface area contributed by atoms with E-state index in [1.54, 1.807) is 0 Å². The number of carbonyl (C=O) groups is 1. The Kier molecular flexibility index (Phi) is 1.36. The fraction of sp³-hybridized carbons (Fsp3) is 0.900. The van der Waals surface area contributed by atoms with Crippen LogP contribution >= 0.6 is 0 Å². The van der Waals surface area contributed by atoms with Crippen molar-refractivity contribution < 1.29 is 9.90 Å². The SMILES string of the molecule is O=C(O)[C@]12C[C@H]1[C@@H]1CCCC[C@@H]1N2. The van der Waals surface area contributed by atoms with Crippen molar-refractivity contribution in [3.05, 3.63) is 0 Å². The minimum Gasteiger partial charge on any atom is -0.480 e. The number of fused-ring (bicyclic) bond motifs is 3. The highest BCUT2D eigenvalue weighted by molar-refractivity contribution is 5.84. The van der Waals surface area contributed by atoms with Gasteiger partial charge in [0.15, 0.2) is 0 Å². The van der Waals surface area contributed by atoms with E-state index < -0.39 is 11.5 Å². The fourth-order valence-electron chi connectivity index (χ4n) is 3.43. The number of nitrogens with one attached hydrogen (secondary N) is 1. The summed E-state index contributed by atoms with van der Waals surface area (Å²) in [4.78, 5) is 11.0. The average molecular weight is 181 g/mol. The van der Waals surface area contributed by atoms with Gasteiger partial charge in [0.25, 0.3) is 0 Å². The Morgan fingerprint density at radius 3 is 2.85 bits per heavy atom. The van der Waals surface area contributed by atoms with Crippen LogP contribution in [0.2, 0.25) is 0 Å². The third-order valence-corrected chi connectivity index (χ3v) is 4.18. The second-order valence-corrected chi connectivity index (χ2v) is 4.79. The molecule has 3 heteroatoms. The summed E-state index contributed by atoms with van der Waals surface area (Å²) in [5.74, 6) is 0.507. The van der Waals surface area contributed by atoms with Gasteiger partial charge < -0.3 is 5.11 Å². The van der Waals surface area contributed by atoms with Crippen molar-refractivity contribution in [3.63, 3.8) is 0 Å². The second-order valence-electron chi connectivity index (χ2n) is 4.79. The predicted molar refractivity (Wildman–Crippen MR) is 47.4 cm³/mol. The molecule has 0 aromatic heterocycles. The van der Waals surface area contributed by atoms with E-state index in [-0.39, 0.29) is 0 Å². The van der Waals surface area contributed by atoms with Gasteiger partial charge in [0, 0.05) is 6.04 Å². The Bertz CT molecular complexity index is 266. The molecule has 0 aromatic carbocycles. The van der Waals surface area contributed by atoms with Gasteiger partial charge in [0.1, 0.15) is 5.54 Å². The van der Waals surface area contributed by atoms with Crippen LogP contribution in [0, 0.1) is 11.8 Å². The van der Waals surface area contributed by atoms with Gasteiger partial charge in [-0.2, -0.15) is 0 Å². The molecule has 3 rings (SSSR count). The summed E-state index contributed by atoms with van der Waals surface area (Å²) in [6.45, 7) is 0. The Labute approximate surface area is 77.5 Å². The summed E-state index contributed by atoms with van der Waals surface area (Å²) in [7, 11) is 0. The van der Waals surface area contributed by atoms with Gasteiger partial charge >= 0.3 is 5.97 Å². The molecule has 13 heavy (non-hydrogen) atoms. The van der Waals surface area contributed by atoms with Gasteiger partial charge in [-0.25, -0.2) is 0 Å². The second kappa shape index (κ2) is 2.27. The molecule has 3 aliphatic rings. The van der Waals surface area contributed by atoms with Gasteiger partial charge in [-0.1, -0.05) is 12.8 Å². The molecule has 0 amide bonds. The van der Waals surface area contributed by atoms with E-state index >= 15 is 0 Å². The molecule has 4 atom stereocenters. The zero-order valence-corrected chi connectivity index (χ0v) is 7.62. The number of aliphatic carboxylic acids is 1. The molecule has 0 radical (unpaired) electrons. The van der Waals surface area contributed by atoms with Crippen LogP contribution < -0.4 is 5.32 Å². The molecule has 1 saturated heterocycles. The van der Waals surface area contributed by atoms with Crippen molar-refractivity contribution in [2.45, 2.75) is 43.7 Å². The topological polar surface area (TPSA) is 49.3 Å². The maximum Gasteiger partial charge on any atom is 0.324 e. The van der Waals surface area contributed by atoms with Crippen LogP contribution in [0.4, 0.5) is 0 Å². The van der Waals surface area contributed by atoms with Gasteiger partial charge in [-0.3, -0.25) is 10.1 Å². The van der Waals surface area contributed by atoms with E-state index in [1.807, 2.05) is 0 Å². The van der Waals surface area contributed by atoms with Gasteiger partial charge in [0.05, 0.1) is 0 Å². The standard InChI is InChI=1S/C10H15NO2/c12-9(13)10-5-7(10)6-3-1-2-4-8(6)11-10/h6-8,11H,1-5H2,(H,12,13)/t6-,7-,8-,10-/m0/s1. The minimum absolute atomic E-state index is 0.454. The van der Waals surface area contributed by atoms with Gasteiger partial charge in [-0.15, -0.1) is 0 Å². The molecule has 0 spiro atoms. The Morgan fingerprint density at radius 1 is 1.38 bits per heavy atom. The Morgan fingerprint density at radius 2 is 2.15 bits per heavy atom. The maximum atomic E-state index is 11.0. The summed E-state index contributed by atoms with van der Waals surface area (Å²) >= 11 is 0. The van der Waals surface area contributed by atoms with Crippen LogP contribution in [-0.4, -0.2) is 22.7 Å². The molecule has 2 N–H and O–H groups in total. The Hall–Kier alpha value is -0.570. The van der Waals surface area contributed by atoms with Crippen LogP contribution in [0.5, 0.6) is 0 Å². The number of carboxylic acid groups (broad SMARTS) is 1. The van der Waals surface area contributed by atoms with E-state index in [0.29, 0.717) is 17.9 Å². The lowest BCUT2D eigenvalue weighted by Crippen LogP contribution is -2.43. The maximum absolute atomic E-state index is 11.0. The first kappa shape index (κ1) is 7.80. The third-order valence-electron chi connectivity index (χ3n) is 4.18. The number of hydrogen-bond donors (Lipinski definition) is 2. The lowest BCUT2D eigenvalue weighted by Gasteiger charge is -2.27. The minimum atomic E-state index is -0.619. The molecule has 2 aliphatic carbocycles. The van der Waals surface area contributed by atoms with Crippen molar-refractivity contribution in [1.82, 2.24) is 5.32 Å². The molecular weight excluding hydrogens is 166 g/mol. The van der Waals surface area contributed by atoms with Crippen molar-refractivity contribution in [2.24, 2.45) is 11.8 Å². The van der Waals surface area contributed by atoms with Gasteiger partial charge in [-0.05, 0) is 31.1 Å². The third kappa shape index (κ3) is 0.857. The predicted octanol–water partition coefficient (Wildman–Crippen LogP) is 0.992. The first-order valence-corrected chi connectivity index (χ1v) is 5.25. The molecule has 0 unspecified atom stereocenters. The summed E-state index contributed by atoms with van der Waals surface area (Å²) in [5.41, 5.74) is -0.486. The fourth-order valence-corrected chi connectivity index (χ4v) is 3.43. The monoisotopic (exact) mass is 181 g/mol. The Balaban J connectivity index is 1.84. The quantitative estimate of drug-likeness (QED) is 0.634. The highest BCUT2D eigenvalue weighted by Crippen LogP contribution is 2.58. The zero-order valence-electron chi connectivity index (χ0n) is 7.62. The molecule has 72 valence electrons. The summed E-state index contributed by atoms with van der Waals surface area (Å²) in [6, 6.07) is 0.517. The lowest BCUT2D eigenvalue weighted by atomic mass is 9.83. The number of piperidine rings is 1. The van der Waals surface area contributed by atoms with Crippen LogP contribution in [-0.2, 0) is 4.79 Å². The number of rotatable bonds is 1. The van der Waals surface area contributed by atoms with Crippen molar-refractivity contribution >= 4 is 5.97 Å². The number of hydrogen-bond acceptors (Lipinski definition) is 2. The highest BCUT2D eigenvalue weighted by Gasteiger charge is 2.69. The lowest BCUT2D eigenvalue weighted by molar-refractivity contribution is -0.140. The van der Waals surface area contributed by atoms with E-state index in [9.17, 15) is 4.79 Å². The van der Waals surface area contributed by atoms with Crippen LogP contribution in [0.15, 0.2) is 0 Å². The van der Waals surface area contributed by atoms with E-state index in [0.717, 1.165) is 6.42 Å². The van der Waals surface area contributed by atoms with E-state index in [2.05, 4.69) is 5.32 Å². The van der Waals surface area contributed by atoms with Crippen molar-refractivity contribution in [1.29, 1.82) is 0 Å². The molecule has 0 bridgehead atoms. The molecular formula is C10H15NO2. The molecule has 3 nitrogen and oxygen atoms in total. The average Bonchev–Trinajstić information content (AvgIpc) is 2.76. The summed E-state index contributed by atoms with van der Waals surface area (Å²) in [5, 5.41) is 12.4. The van der Waals surface area contributed by atoms with Crippen molar-refractivity contribution in [2.75, 3.05) is 0 Å². The van der Waals surface area contributed by atoms with Crippen molar-refractivity contribution in [3.8, 4) is 0 Å². The molecule has 1 aliphatic heterocycles. The number of carboxylic acids is 1. The first-order chi connectivity index (χ1) is 6.24. The zero-order chi connectivity index (χ0) is 9.05. The molecule has 2 saturated carbocycles. The van der Waals surface area contributed by atoms with E-state index in [1.165, 1.54) is 25.7 Å². The van der Waals surface area contributed by atoms with E-state index in [4.69, 9.17) is 5.11 Å².